The van der Waals surface area contributed by atoms with Gasteiger partial charge in [0, 0.05) is 58.1 Å². The van der Waals surface area contributed by atoms with Gasteiger partial charge in [0.05, 0.1) is 12.8 Å². The van der Waals surface area contributed by atoms with Crippen molar-refractivity contribution in [1.82, 2.24) is 25.0 Å². The summed E-state index contributed by atoms with van der Waals surface area (Å²) in [7, 11) is 3.79. The van der Waals surface area contributed by atoms with E-state index >= 15 is 0 Å². The number of likely N-dealkylation sites (tertiary alicyclic amines) is 1. The summed E-state index contributed by atoms with van der Waals surface area (Å²) >= 11 is 0. The maximum atomic E-state index is 5.52. The topological polar surface area (TPSA) is 67.6 Å². The highest BCUT2D eigenvalue weighted by Crippen LogP contribution is 2.26. The molecule has 7 nitrogen and oxygen atoms in total. The Morgan fingerprint density at radius 2 is 2.27 bits per heavy atom. The van der Waals surface area contributed by atoms with Crippen molar-refractivity contribution < 1.29 is 4.74 Å². The smallest absolute Gasteiger partial charge is 0.213 e. The van der Waals surface area contributed by atoms with Crippen LogP contribution in [0.15, 0.2) is 35.7 Å². The minimum atomic E-state index is 0.513. The van der Waals surface area contributed by atoms with Crippen LogP contribution in [-0.2, 0) is 13.6 Å². The highest BCUT2D eigenvalue weighted by atomic mass is 16.5. The maximum Gasteiger partial charge on any atom is 0.213 e. The molecule has 0 radical (unpaired) electrons. The quantitative estimate of drug-likeness (QED) is 0.635. The Hall–Kier alpha value is -2.57. The van der Waals surface area contributed by atoms with Gasteiger partial charge in [0.25, 0.3) is 0 Å². The van der Waals surface area contributed by atoms with Gasteiger partial charge >= 0.3 is 0 Å². The molecule has 1 N–H and O–H groups in total. The van der Waals surface area contributed by atoms with Gasteiger partial charge in [0.15, 0.2) is 5.96 Å². The maximum absolute atomic E-state index is 5.52. The molecule has 1 atom stereocenters. The molecular weight excluding hydrogens is 328 g/mol. The Labute approximate surface area is 155 Å². The third kappa shape index (κ3) is 4.53. The number of guanidine groups is 1. The number of ether oxygens (including phenoxy) is 1. The van der Waals surface area contributed by atoms with Gasteiger partial charge in [-0.25, -0.2) is 4.98 Å². The fourth-order valence-electron chi connectivity index (χ4n) is 3.20. The lowest BCUT2D eigenvalue weighted by molar-refractivity contribution is 0.305. The summed E-state index contributed by atoms with van der Waals surface area (Å²) in [5.74, 6) is 2.13. The van der Waals surface area contributed by atoms with E-state index < -0.39 is 0 Å². The second-order valence-electron chi connectivity index (χ2n) is 6.63. The number of aliphatic imine (C=N–C) groups is 1. The summed E-state index contributed by atoms with van der Waals surface area (Å²) in [6, 6.07) is 3.96. The molecule has 26 heavy (non-hydrogen) atoms. The zero-order valence-corrected chi connectivity index (χ0v) is 15.9. The molecule has 0 aromatic carbocycles. The lowest BCUT2D eigenvalue weighted by Crippen LogP contribution is -2.39. The first kappa shape index (κ1) is 18.2. The first-order valence-corrected chi connectivity index (χ1v) is 9.21. The van der Waals surface area contributed by atoms with E-state index in [1.165, 1.54) is 5.56 Å². The molecule has 7 heteroatoms. The Kier molecular flexibility index (Phi) is 6.09. The van der Waals surface area contributed by atoms with E-state index in [9.17, 15) is 0 Å². The number of nitrogens with one attached hydrogen (secondary N) is 1. The second-order valence-corrected chi connectivity index (χ2v) is 6.63. The van der Waals surface area contributed by atoms with Crippen LogP contribution in [0.2, 0.25) is 0 Å². The van der Waals surface area contributed by atoms with Gasteiger partial charge in [-0.15, -0.1) is 0 Å². The summed E-state index contributed by atoms with van der Waals surface area (Å²) in [5.41, 5.74) is 2.41. The van der Waals surface area contributed by atoms with E-state index in [4.69, 9.17) is 4.74 Å². The molecule has 140 valence electrons. The van der Waals surface area contributed by atoms with E-state index in [0.29, 0.717) is 24.9 Å². The number of pyridine rings is 1. The molecule has 3 rings (SSSR count). The third-order valence-corrected chi connectivity index (χ3v) is 4.60. The first-order chi connectivity index (χ1) is 12.7. The number of nitrogens with zero attached hydrogens (tertiary/aromatic N) is 5. The van der Waals surface area contributed by atoms with Crippen molar-refractivity contribution in [2.45, 2.75) is 32.2 Å². The molecule has 0 bridgehead atoms. The van der Waals surface area contributed by atoms with Crippen LogP contribution < -0.4 is 10.1 Å². The molecule has 0 spiro atoms. The average molecular weight is 356 g/mol. The summed E-state index contributed by atoms with van der Waals surface area (Å²) in [6.07, 6.45) is 8.04. The van der Waals surface area contributed by atoms with Gasteiger partial charge in [-0.3, -0.25) is 9.67 Å². The van der Waals surface area contributed by atoms with E-state index in [1.54, 1.807) is 0 Å². The molecule has 2 aromatic rings. The predicted octanol–water partition coefficient (Wildman–Crippen LogP) is 2.17. The molecule has 1 aliphatic heterocycles. The van der Waals surface area contributed by atoms with Crippen LogP contribution in [0.3, 0.4) is 0 Å². The van der Waals surface area contributed by atoms with Crippen LogP contribution in [0.25, 0.3) is 0 Å². The molecular formula is C19H28N6O. The molecule has 1 aliphatic rings. The second kappa shape index (κ2) is 8.69. The molecule has 1 unspecified atom stereocenters. The number of hydrogen-bond acceptors (Lipinski definition) is 4. The lowest BCUT2D eigenvalue weighted by Gasteiger charge is -2.21. The molecule has 0 amide bonds. The van der Waals surface area contributed by atoms with Crippen LogP contribution in [0.1, 0.15) is 36.8 Å². The van der Waals surface area contributed by atoms with E-state index in [0.717, 1.165) is 37.5 Å². The van der Waals surface area contributed by atoms with E-state index in [1.807, 2.05) is 43.3 Å². The van der Waals surface area contributed by atoms with E-state index in [2.05, 4.69) is 38.4 Å². The number of aromatic nitrogens is 3. The van der Waals surface area contributed by atoms with Crippen LogP contribution in [-0.4, -0.2) is 52.4 Å². The predicted molar refractivity (Wildman–Crippen MR) is 102 cm³/mol. The fraction of sp³-hybridized carbons (Fsp3) is 0.526. The van der Waals surface area contributed by atoms with Crippen molar-refractivity contribution >= 4 is 5.96 Å². The van der Waals surface area contributed by atoms with Gasteiger partial charge in [0.2, 0.25) is 5.88 Å². The molecule has 1 fully saturated rings. The minimum Gasteiger partial charge on any atom is -0.478 e. The molecule has 3 heterocycles. The van der Waals surface area contributed by atoms with Crippen molar-refractivity contribution in [3.8, 4) is 5.88 Å². The third-order valence-electron chi connectivity index (χ3n) is 4.60. The summed E-state index contributed by atoms with van der Waals surface area (Å²) in [4.78, 5) is 11.1. The molecule has 1 saturated heterocycles. The van der Waals surface area contributed by atoms with Crippen molar-refractivity contribution in [2.24, 2.45) is 12.0 Å². The van der Waals surface area contributed by atoms with Crippen molar-refractivity contribution in [1.29, 1.82) is 0 Å². The van der Waals surface area contributed by atoms with Gasteiger partial charge in [-0.2, -0.15) is 5.10 Å². The Bertz CT molecular complexity index is 724. The van der Waals surface area contributed by atoms with Crippen molar-refractivity contribution in [3.63, 3.8) is 0 Å². The van der Waals surface area contributed by atoms with Gasteiger partial charge < -0.3 is 15.0 Å². The monoisotopic (exact) mass is 356 g/mol. The summed E-state index contributed by atoms with van der Waals surface area (Å²) in [5, 5.41) is 7.73. The summed E-state index contributed by atoms with van der Waals surface area (Å²) < 4.78 is 7.39. The van der Waals surface area contributed by atoms with Crippen LogP contribution in [0.5, 0.6) is 5.88 Å². The normalized spacial score (nSPS) is 17.6. The number of hydrogen-bond donors (Lipinski definition) is 1. The number of aryl methyl sites for hydroxylation is 1. The van der Waals surface area contributed by atoms with Crippen molar-refractivity contribution in [3.05, 3.63) is 41.9 Å². The molecule has 0 saturated carbocycles. The van der Waals surface area contributed by atoms with E-state index in [-0.39, 0.29) is 0 Å². The van der Waals surface area contributed by atoms with Crippen molar-refractivity contribution in [2.75, 3.05) is 26.7 Å². The standard InChI is InChI=1S/C19H28N6O/c1-4-9-26-18-6-5-15(10-21-18)11-22-19(20-2)25-8-7-16(14-25)17-12-23-24(3)13-17/h5-6,10,12-13,16H,4,7-9,11,14H2,1-3H3,(H,20,22). The van der Waals surface area contributed by atoms with Crippen LogP contribution in [0.4, 0.5) is 0 Å². The molecule has 2 aromatic heterocycles. The van der Waals surface area contributed by atoms with Gasteiger partial charge in [0.1, 0.15) is 0 Å². The highest BCUT2D eigenvalue weighted by Gasteiger charge is 2.26. The average Bonchev–Trinajstić information content (AvgIpc) is 3.31. The first-order valence-electron chi connectivity index (χ1n) is 9.21. The van der Waals surface area contributed by atoms with Crippen LogP contribution in [0, 0.1) is 0 Å². The highest BCUT2D eigenvalue weighted by molar-refractivity contribution is 5.80. The van der Waals surface area contributed by atoms with Gasteiger partial charge in [-0.1, -0.05) is 13.0 Å². The Morgan fingerprint density at radius 3 is 2.92 bits per heavy atom. The molecule has 0 aliphatic carbocycles. The zero-order chi connectivity index (χ0) is 18.4. The Balaban J connectivity index is 1.52. The lowest BCUT2D eigenvalue weighted by atomic mass is 10.0. The fourth-order valence-corrected chi connectivity index (χ4v) is 3.20. The Morgan fingerprint density at radius 1 is 1.38 bits per heavy atom. The zero-order valence-electron chi connectivity index (χ0n) is 15.9. The minimum absolute atomic E-state index is 0.513. The van der Waals surface area contributed by atoms with Gasteiger partial charge in [-0.05, 0) is 24.0 Å². The van der Waals surface area contributed by atoms with Crippen LogP contribution >= 0.6 is 0 Å². The largest absolute Gasteiger partial charge is 0.478 e. The summed E-state index contributed by atoms with van der Waals surface area (Å²) in [6.45, 7) is 5.45. The number of rotatable bonds is 6. The SMILES string of the molecule is CCCOc1ccc(CNC(=NC)N2CCC(c3cnn(C)c3)C2)cn1.